The van der Waals surface area contributed by atoms with Crippen molar-refractivity contribution in [2.75, 3.05) is 6.61 Å². The number of ether oxygens (including phenoxy) is 2. The van der Waals surface area contributed by atoms with Crippen LogP contribution in [0.5, 0.6) is 11.5 Å². The average molecular weight is 286 g/mol. The minimum absolute atomic E-state index is 0.000414. The molecular formula is C16H15FN2O2. The molecule has 1 aliphatic rings. The van der Waals surface area contributed by atoms with Crippen molar-refractivity contribution in [3.8, 4) is 11.5 Å². The van der Waals surface area contributed by atoms with Gasteiger partial charge in [-0.15, -0.1) is 0 Å². The maximum Gasteiger partial charge on any atom is 0.137 e. The Kier molecular flexibility index (Phi) is 3.48. The van der Waals surface area contributed by atoms with E-state index < -0.39 is 0 Å². The van der Waals surface area contributed by atoms with E-state index in [-0.39, 0.29) is 17.8 Å². The summed E-state index contributed by atoms with van der Waals surface area (Å²) in [5.41, 5.74) is 6.92. The predicted octanol–water partition coefficient (Wildman–Crippen LogP) is 2.49. The molecule has 0 bridgehead atoms. The molecule has 0 fully saturated rings. The fourth-order valence-electron chi connectivity index (χ4n) is 2.32. The monoisotopic (exact) mass is 286 g/mol. The summed E-state index contributed by atoms with van der Waals surface area (Å²) >= 11 is 0. The van der Waals surface area contributed by atoms with Crippen LogP contribution in [0.15, 0.2) is 42.5 Å². The predicted molar refractivity (Wildman–Crippen MR) is 77.5 cm³/mol. The summed E-state index contributed by atoms with van der Waals surface area (Å²) in [5, 5.41) is 7.40. The molecule has 1 atom stereocenters. The Labute approximate surface area is 121 Å². The fourth-order valence-corrected chi connectivity index (χ4v) is 2.32. The van der Waals surface area contributed by atoms with E-state index in [1.807, 2.05) is 0 Å². The number of nitrogens with two attached hydrogens (primary N) is 1. The van der Waals surface area contributed by atoms with Crippen LogP contribution in [0.1, 0.15) is 11.1 Å². The lowest BCUT2D eigenvalue weighted by Crippen LogP contribution is -2.22. The van der Waals surface area contributed by atoms with E-state index >= 15 is 0 Å². The first kappa shape index (κ1) is 13.4. The Hall–Kier alpha value is -2.56. The standard InChI is InChI=1S/C16H15FN2O2/c17-12-4-5-15-11(6-12)8-14(21-15)9-20-13-3-1-2-10(7-13)16(18)19/h1-7,14H,8-9H2,(H3,18,19). The van der Waals surface area contributed by atoms with Gasteiger partial charge in [-0.25, -0.2) is 4.39 Å². The number of amidine groups is 1. The molecule has 2 aromatic rings. The van der Waals surface area contributed by atoms with Gasteiger partial charge in [0.15, 0.2) is 0 Å². The lowest BCUT2D eigenvalue weighted by atomic mass is 10.1. The van der Waals surface area contributed by atoms with Gasteiger partial charge in [-0.05, 0) is 30.3 Å². The van der Waals surface area contributed by atoms with E-state index in [4.69, 9.17) is 20.6 Å². The maximum absolute atomic E-state index is 13.1. The summed E-state index contributed by atoms with van der Waals surface area (Å²) in [6.45, 7) is 0.359. The van der Waals surface area contributed by atoms with Crippen LogP contribution in [0.4, 0.5) is 4.39 Å². The highest BCUT2D eigenvalue weighted by atomic mass is 19.1. The zero-order chi connectivity index (χ0) is 14.8. The zero-order valence-corrected chi connectivity index (χ0v) is 11.3. The second-order valence-electron chi connectivity index (χ2n) is 4.95. The molecule has 21 heavy (non-hydrogen) atoms. The van der Waals surface area contributed by atoms with Crippen LogP contribution < -0.4 is 15.2 Å². The largest absolute Gasteiger partial charge is 0.490 e. The molecule has 0 saturated heterocycles. The summed E-state index contributed by atoms with van der Waals surface area (Å²) in [4.78, 5) is 0. The van der Waals surface area contributed by atoms with E-state index in [1.54, 1.807) is 30.3 Å². The van der Waals surface area contributed by atoms with E-state index in [0.717, 1.165) is 5.56 Å². The molecule has 0 radical (unpaired) electrons. The molecule has 5 heteroatoms. The van der Waals surface area contributed by atoms with Crippen LogP contribution in [0, 0.1) is 11.2 Å². The van der Waals surface area contributed by atoms with Crippen LogP contribution in [0.25, 0.3) is 0 Å². The second-order valence-corrected chi connectivity index (χ2v) is 4.95. The maximum atomic E-state index is 13.1. The normalized spacial score (nSPS) is 16.1. The highest BCUT2D eigenvalue weighted by molar-refractivity contribution is 5.95. The molecule has 4 nitrogen and oxygen atoms in total. The molecular weight excluding hydrogens is 271 g/mol. The SMILES string of the molecule is N=C(N)c1cccc(OCC2Cc3cc(F)ccc3O2)c1. The quantitative estimate of drug-likeness (QED) is 0.670. The van der Waals surface area contributed by atoms with Gasteiger partial charge in [0.25, 0.3) is 0 Å². The summed E-state index contributed by atoms with van der Waals surface area (Å²) in [5.74, 6) is 1.09. The van der Waals surface area contributed by atoms with Crippen LogP contribution in [-0.4, -0.2) is 18.5 Å². The van der Waals surface area contributed by atoms with Crippen molar-refractivity contribution in [1.29, 1.82) is 5.41 Å². The van der Waals surface area contributed by atoms with Gasteiger partial charge in [-0.3, -0.25) is 5.41 Å². The van der Waals surface area contributed by atoms with Crippen LogP contribution in [0.2, 0.25) is 0 Å². The molecule has 0 aliphatic carbocycles. The van der Waals surface area contributed by atoms with Gasteiger partial charge in [0, 0.05) is 17.5 Å². The number of halogens is 1. The molecule has 0 amide bonds. The number of hydrogen-bond donors (Lipinski definition) is 2. The van der Waals surface area contributed by atoms with Gasteiger partial charge >= 0.3 is 0 Å². The van der Waals surface area contributed by atoms with Crippen LogP contribution in [-0.2, 0) is 6.42 Å². The first-order valence-electron chi connectivity index (χ1n) is 6.64. The van der Waals surface area contributed by atoms with E-state index in [1.165, 1.54) is 12.1 Å². The van der Waals surface area contributed by atoms with Gasteiger partial charge in [0.2, 0.25) is 0 Å². The molecule has 0 saturated carbocycles. The van der Waals surface area contributed by atoms with Gasteiger partial charge in [0.1, 0.15) is 35.9 Å². The zero-order valence-electron chi connectivity index (χ0n) is 11.3. The number of nitrogens with one attached hydrogen (secondary N) is 1. The smallest absolute Gasteiger partial charge is 0.137 e. The molecule has 0 aromatic heterocycles. The van der Waals surface area contributed by atoms with Crippen molar-refractivity contribution in [3.63, 3.8) is 0 Å². The Morgan fingerprint density at radius 2 is 2.19 bits per heavy atom. The number of hydrogen-bond acceptors (Lipinski definition) is 3. The summed E-state index contributed by atoms with van der Waals surface area (Å²) in [7, 11) is 0. The first-order valence-corrected chi connectivity index (χ1v) is 6.64. The summed E-state index contributed by atoms with van der Waals surface area (Å²) in [6.07, 6.45) is 0.488. The van der Waals surface area contributed by atoms with Gasteiger partial charge in [0.05, 0.1) is 0 Å². The molecule has 1 heterocycles. The molecule has 3 N–H and O–H groups in total. The van der Waals surface area contributed by atoms with Crippen molar-refractivity contribution in [1.82, 2.24) is 0 Å². The topological polar surface area (TPSA) is 68.3 Å². The number of nitrogen functional groups attached to an aromatic ring is 1. The number of benzene rings is 2. The highest BCUT2D eigenvalue weighted by Crippen LogP contribution is 2.29. The second kappa shape index (κ2) is 5.44. The van der Waals surface area contributed by atoms with Gasteiger partial charge < -0.3 is 15.2 Å². The van der Waals surface area contributed by atoms with Crippen molar-refractivity contribution in [2.45, 2.75) is 12.5 Å². The van der Waals surface area contributed by atoms with Crippen LogP contribution in [0.3, 0.4) is 0 Å². The Morgan fingerprint density at radius 1 is 1.33 bits per heavy atom. The van der Waals surface area contributed by atoms with Crippen molar-refractivity contribution < 1.29 is 13.9 Å². The molecule has 2 aromatic carbocycles. The van der Waals surface area contributed by atoms with E-state index in [0.29, 0.717) is 30.1 Å². The summed E-state index contributed by atoms with van der Waals surface area (Å²) < 4.78 is 24.5. The van der Waals surface area contributed by atoms with E-state index in [2.05, 4.69) is 0 Å². The molecule has 1 aliphatic heterocycles. The van der Waals surface area contributed by atoms with Crippen LogP contribution >= 0.6 is 0 Å². The van der Waals surface area contributed by atoms with Gasteiger partial charge in [-0.1, -0.05) is 12.1 Å². The summed E-state index contributed by atoms with van der Waals surface area (Å²) in [6, 6.07) is 11.6. The minimum Gasteiger partial charge on any atom is -0.490 e. The molecule has 108 valence electrons. The highest BCUT2D eigenvalue weighted by Gasteiger charge is 2.23. The average Bonchev–Trinajstić information content (AvgIpc) is 2.87. The van der Waals surface area contributed by atoms with Crippen molar-refractivity contribution in [3.05, 3.63) is 59.4 Å². The fraction of sp³-hybridized carbons (Fsp3) is 0.188. The molecule has 1 unspecified atom stereocenters. The van der Waals surface area contributed by atoms with Gasteiger partial charge in [-0.2, -0.15) is 0 Å². The lowest BCUT2D eigenvalue weighted by Gasteiger charge is -2.13. The first-order chi connectivity index (χ1) is 10.1. The lowest BCUT2D eigenvalue weighted by molar-refractivity contribution is 0.148. The third-order valence-corrected chi connectivity index (χ3v) is 3.34. The van der Waals surface area contributed by atoms with Crippen molar-refractivity contribution >= 4 is 5.84 Å². The molecule has 3 rings (SSSR count). The van der Waals surface area contributed by atoms with Crippen molar-refractivity contribution in [2.24, 2.45) is 5.73 Å². The number of rotatable bonds is 4. The minimum atomic E-state index is -0.256. The van der Waals surface area contributed by atoms with E-state index in [9.17, 15) is 4.39 Å². The molecule has 0 spiro atoms. The Bertz CT molecular complexity index is 688. The Morgan fingerprint density at radius 3 is 3.00 bits per heavy atom. The third kappa shape index (κ3) is 2.97. The number of fused-ring (bicyclic) bond motifs is 1. The third-order valence-electron chi connectivity index (χ3n) is 3.34. The Balaban J connectivity index is 1.62.